The number of alkyl halides is 1. The Labute approximate surface area is 46.7 Å². The molecule has 0 aliphatic rings. The minimum Gasteiger partial charge on any atom is -0.400 e. The van der Waals surface area contributed by atoms with E-state index in [9.17, 15) is 0 Å². The van der Waals surface area contributed by atoms with Crippen LogP contribution in [-0.2, 0) is 0 Å². The maximum atomic E-state index is 5.17. The summed E-state index contributed by atoms with van der Waals surface area (Å²) in [5.41, 5.74) is 6.82. The van der Waals surface area contributed by atoms with Crippen LogP contribution in [0.1, 0.15) is 0 Å². The molecule has 0 rings (SSSR count). The fourth-order valence-electron chi connectivity index (χ4n) is 0.0292. The summed E-state index contributed by atoms with van der Waals surface area (Å²) in [6, 6.07) is 0. The molecule has 0 aromatic carbocycles. The first-order chi connectivity index (χ1) is 2.81. The highest BCUT2D eigenvalue weighted by molar-refractivity contribution is 6.27. The summed E-state index contributed by atoms with van der Waals surface area (Å²) < 4.78 is 0. The summed E-state index contributed by atoms with van der Waals surface area (Å²) in [6.07, 6.45) is 0. The molecule has 0 spiro atoms. The summed E-state index contributed by atoms with van der Waals surface area (Å²) >= 11 is 10.3. The van der Waals surface area contributed by atoms with Crippen molar-refractivity contribution in [1.82, 2.24) is 0 Å². The van der Waals surface area contributed by atoms with E-state index < -0.39 is 0 Å². The number of hydrogen-bond acceptors (Lipinski definition) is 1. The molecule has 0 aromatic rings. The van der Waals surface area contributed by atoms with Gasteiger partial charge >= 0.3 is 0 Å². The zero-order valence-corrected chi connectivity index (χ0v) is 4.63. The van der Waals surface area contributed by atoms with Gasteiger partial charge in [-0.2, -0.15) is 0 Å². The molecule has 0 saturated carbocycles. The van der Waals surface area contributed by atoms with Gasteiger partial charge in [-0.3, -0.25) is 0 Å². The third-order valence-corrected chi connectivity index (χ3v) is 0.883. The zero-order valence-electron chi connectivity index (χ0n) is 3.12. The molecular formula is C3H5Cl2N. The maximum Gasteiger partial charge on any atom is 0.0628 e. The predicted octanol–water partition coefficient (Wildman–Crippen LogP) is 1.26. The lowest BCUT2D eigenvalue weighted by molar-refractivity contribution is 1.34. The fourth-order valence-corrected chi connectivity index (χ4v) is 0.262. The van der Waals surface area contributed by atoms with Gasteiger partial charge in [-0.25, -0.2) is 0 Å². The molecule has 0 atom stereocenters. The lowest BCUT2D eigenvalue weighted by Gasteiger charge is -1.83. The Morgan fingerprint density at radius 1 is 1.83 bits per heavy atom. The van der Waals surface area contributed by atoms with E-state index in [1.165, 1.54) is 5.54 Å². The first kappa shape index (κ1) is 6.12. The molecule has 6 heavy (non-hydrogen) atoms. The van der Waals surface area contributed by atoms with Gasteiger partial charge in [0.25, 0.3) is 0 Å². The molecule has 0 aliphatic heterocycles. The van der Waals surface area contributed by atoms with E-state index >= 15 is 0 Å². The van der Waals surface area contributed by atoms with Crippen LogP contribution in [0.3, 0.4) is 0 Å². The second-order valence-electron chi connectivity index (χ2n) is 0.818. The second-order valence-corrected chi connectivity index (χ2v) is 1.30. The van der Waals surface area contributed by atoms with Gasteiger partial charge in [0.2, 0.25) is 0 Å². The van der Waals surface area contributed by atoms with Crippen molar-refractivity contribution in [3.8, 4) is 0 Å². The van der Waals surface area contributed by atoms with Gasteiger partial charge in [0.1, 0.15) is 0 Å². The molecule has 0 radical (unpaired) electrons. The van der Waals surface area contributed by atoms with Gasteiger partial charge in [0.05, 0.1) is 5.88 Å². The van der Waals surface area contributed by atoms with E-state index in [1.807, 2.05) is 0 Å². The Morgan fingerprint density at radius 2 is 2.33 bits per heavy atom. The molecule has 0 aliphatic carbocycles. The number of hydrogen-bond donors (Lipinski definition) is 1. The van der Waals surface area contributed by atoms with E-state index in [0.717, 1.165) is 0 Å². The topological polar surface area (TPSA) is 26.0 Å². The van der Waals surface area contributed by atoms with Crippen LogP contribution in [0.15, 0.2) is 11.2 Å². The van der Waals surface area contributed by atoms with Crippen molar-refractivity contribution in [1.29, 1.82) is 0 Å². The second kappa shape index (κ2) is 3.32. The molecule has 0 saturated heterocycles. The number of halogens is 2. The van der Waals surface area contributed by atoms with Crippen LogP contribution < -0.4 is 5.73 Å². The first-order valence-corrected chi connectivity index (χ1v) is 2.39. The largest absolute Gasteiger partial charge is 0.400 e. The molecule has 0 heterocycles. The van der Waals surface area contributed by atoms with Crippen molar-refractivity contribution in [2.24, 2.45) is 5.73 Å². The molecule has 0 amide bonds. The minimum atomic E-state index is 0.309. The Balaban J connectivity index is 3.22. The Hall–Kier alpha value is 0.120. The number of nitrogens with two attached hydrogens (primary N) is 1. The summed E-state index contributed by atoms with van der Waals surface area (Å²) in [5, 5.41) is 0. The minimum absolute atomic E-state index is 0.309. The van der Waals surface area contributed by atoms with Crippen LogP contribution in [0.25, 0.3) is 0 Å². The van der Waals surface area contributed by atoms with Gasteiger partial charge < -0.3 is 5.73 Å². The molecule has 0 aromatic heterocycles. The van der Waals surface area contributed by atoms with Crippen molar-refractivity contribution in [3.63, 3.8) is 0 Å². The number of rotatable bonds is 1. The SMILES string of the molecule is N/C(=C\Cl)CCl. The van der Waals surface area contributed by atoms with Gasteiger partial charge in [-0.15, -0.1) is 11.6 Å². The molecule has 1 nitrogen and oxygen atoms in total. The Kier molecular flexibility index (Phi) is 3.38. The van der Waals surface area contributed by atoms with Crippen LogP contribution in [0.5, 0.6) is 0 Å². The summed E-state index contributed by atoms with van der Waals surface area (Å²) in [6.45, 7) is 0. The Bertz CT molecular complexity index is 59.8. The van der Waals surface area contributed by atoms with Crippen LogP contribution >= 0.6 is 23.2 Å². The molecule has 2 N–H and O–H groups in total. The van der Waals surface area contributed by atoms with Crippen molar-refractivity contribution >= 4 is 23.2 Å². The van der Waals surface area contributed by atoms with Gasteiger partial charge in [0, 0.05) is 11.2 Å². The smallest absolute Gasteiger partial charge is 0.0628 e. The highest BCUT2D eigenvalue weighted by atomic mass is 35.5. The maximum absolute atomic E-state index is 5.17. The van der Waals surface area contributed by atoms with Gasteiger partial charge in [-0.05, 0) is 0 Å². The average Bonchev–Trinajstić information content (AvgIpc) is 1.65. The quantitative estimate of drug-likeness (QED) is 0.526. The zero-order chi connectivity index (χ0) is 4.99. The monoisotopic (exact) mass is 125 g/mol. The van der Waals surface area contributed by atoms with E-state index in [2.05, 4.69) is 0 Å². The van der Waals surface area contributed by atoms with E-state index in [-0.39, 0.29) is 0 Å². The fraction of sp³-hybridized carbons (Fsp3) is 0.333. The van der Waals surface area contributed by atoms with Crippen molar-refractivity contribution in [2.45, 2.75) is 0 Å². The third kappa shape index (κ3) is 2.36. The predicted molar refractivity (Wildman–Crippen MR) is 28.8 cm³/mol. The summed E-state index contributed by atoms with van der Waals surface area (Å²) in [4.78, 5) is 0. The van der Waals surface area contributed by atoms with Gasteiger partial charge in [-0.1, -0.05) is 11.6 Å². The lowest BCUT2D eigenvalue weighted by atomic mass is 10.6. The normalized spacial score (nSPS) is 12.0. The van der Waals surface area contributed by atoms with Crippen LogP contribution in [0.4, 0.5) is 0 Å². The summed E-state index contributed by atoms with van der Waals surface area (Å²) in [5.74, 6) is 0.309. The van der Waals surface area contributed by atoms with E-state index in [0.29, 0.717) is 11.6 Å². The van der Waals surface area contributed by atoms with E-state index in [1.54, 1.807) is 0 Å². The average molecular weight is 126 g/mol. The van der Waals surface area contributed by atoms with Gasteiger partial charge in [0.15, 0.2) is 0 Å². The molecule has 0 fully saturated rings. The molecule has 3 heteroatoms. The third-order valence-electron chi connectivity index (χ3n) is 0.294. The Morgan fingerprint density at radius 3 is 2.33 bits per heavy atom. The highest BCUT2D eigenvalue weighted by Gasteiger charge is 1.77. The van der Waals surface area contributed by atoms with Crippen molar-refractivity contribution in [2.75, 3.05) is 5.88 Å². The molecule has 0 unspecified atom stereocenters. The molecule has 36 valence electrons. The van der Waals surface area contributed by atoms with E-state index in [4.69, 9.17) is 28.9 Å². The molecular weight excluding hydrogens is 121 g/mol. The highest BCUT2D eigenvalue weighted by Crippen LogP contribution is 1.88. The van der Waals surface area contributed by atoms with Crippen LogP contribution in [0, 0.1) is 0 Å². The van der Waals surface area contributed by atoms with Crippen LogP contribution in [0.2, 0.25) is 0 Å². The van der Waals surface area contributed by atoms with Crippen LogP contribution in [-0.4, -0.2) is 5.88 Å². The number of allylic oxidation sites excluding steroid dienone is 1. The molecule has 0 bridgehead atoms. The lowest BCUT2D eigenvalue weighted by Crippen LogP contribution is -1.95. The standard InChI is InChI=1S/C3H5Cl2N/c4-1-3(6)2-5/h1H,2,6H2/b3-1-. The first-order valence-electron chi connectivity index (χ1n) is 1.42. The summed E-state index contributed by atoms with van der Waals surface area (Å²) in [7, 11) is 0. The van der Waals surface area contributed by atoms with Crippen molar-refractivity contribution < 1.29 is 0 Å². The van der Waals surface area contributed by atoms with Crippen molar-refractivity contribution in [3.05, 3.63) is 11.2 Å².